The highest BCUT2D eigenvalue weighted by atomic mass is 16.5. The first-order chi connectivity index (χ1) is 26.2. The van der Waals surface area contributed by atoms with E-state index in [-0.39, 0.29) is 35.9 Å². The van der Waals surface area contributed by atoms with E-state index in [1.165, 1.54) is 7.11 Å². The second kappa shape index (κ2) is 16.6. The van der Waals surface area contributed by atoms with Crippen molar-refractivity contribution in [2.24, 2.45) is 5.92 Å². The molecule has 0 saturated carbocycles. The maximum atomic E-state index is 13.5. The van der Waals surface area contributed by atoms with Gasteiger partial charge in [0.05, 0.1) is 49.0 Å². The predicted octanol–water partition coefficient (Wildman–Crippen LogP) is 6.00. The van der Waals surface area contributed by atoms with E-state index in [1.807, 2.05) is 43.0 Å². The first-order valence-corrected chi connectivity index (χ1v) is 19.3. The number of amides is 3. The van der Waals surface area contributed by atoms with Gasteiger partial charge in [0.2, 0.25) is 11.8 Å². The molecule has 1 unspecified atom stereocenters. The van der Waals surface area contributed by atoms with Gasteiger partial charge in [-0.1, -0.05) is 62.4 Å². The third-order valence-electron chi connectivity index (χ3n) is 11.1. The van der Waals surface area contributed by atoms with E-state index < -0.39 is 12.1 Å². The molecule has 54 heavy (non-hydrogen) atoms. The number of benzene rings is 2. The molecule has 3 fully saturated rings. The molecule has 0 radical (unpaired) electrons. The van der Waals surface area contributed by atoms with Crippen molar-refractivity contribution in [2.45, 2.75) is 89.5 Å². The number of nitrogens with zero attached hydrogens (tertiary/aromatic N) is 4. The Balaban J connectivity index is 0.978. The highest BCUT2D eigenvalue weighted by molar-refractivity contribution is 5.86. The zero-order valence-electron chi connectivity index (χ0n) is 31.6. The number of carbonyl (C=O) groups is 3. The minimum atomic E-state index is -0.676. The van der Waals surface area contributed by atoms with Crippen molar-refractivity contribution in [3.8, 4) is 33.6 Å². The van der Waals surface area contributed by atoms with Crippen LogP contribution in [-0.4, -0.2) is 99.2 Å². The molecule has 3 saturated heterocycles. The molecule has 4 aromatic rings. The summed E-state index contributed by atoms with van der Waals surface area (Å²) in [7, 11) is 1.30. The molecule has 2 aromatic carbocycles. The van der Waals surface area contributed by atoms with Crippen LogP contribution in [0.2, 0.25) is 0 Å². The highest BCUT2D eigenvalue weighted by Crippen LogP contribution is 2.35. The molecule has 13 nitrogen and oxygen atoms in total. The van der Waals surface area contributed by atoms with E-state index in [0.29, 0.717) is 12.6 Å². The maximum Gasteiger partial charge on any atom is 0.407 e. The Morgan fingerprint density at radius 1 is 0.741 bits per heavy atom. The molecule has 4 atom stereocenters. The highest BCUT2D eigenvalue weighted by Gasteiger charge is 2.38. The molecular weight excluding hydrogens is 685 g/mol. The number of hydrogen-bond donors (Lipinski definition) is 4. The van der Waals surface area contributed by atoms with Crippen LogP contribution < -0.4 is 10.6 Å². The largest absolute Gasteiger partial charge is 0.453 e. The molecule has 3 aliphatic rings. The fourth-order valence-corrected chi connectivity index (χ4v) is 8.04. The molecule has 3 aliphatic heterocycles. The number of aromatic nitrogens is 4. The topological polar surface area (TPSA) is 158 Å². The number of carbonyl (C=O) groups excluding carboxylic acids is 3. The van der Waals surface area contributed by atoms with Crippen LogP contribution in [-0.2, 0) is 19.1 Å². The van der Waals surface area contributed by atoms with Crippen molar-refractivity contribution in [1.82, 2.24) is 40.4 Å². The van der Waals surface area contributed by atoms with Gasteiger partial charge < -0.3 is 39.9 Å². The van der Waals surface area contributed by atoms with Crippen LogP contribution >= 0.6 is 0 Å². The number of methoxy groups -OCH3 is 1. The monoisotopic (exact) mass is 736 g/mol. The van der Waals surface area contributed by atoms with Gasteiger partial charge in [-0.15, -0.1) is 0 Å². The number of aromatic amines is 2. The third kappa shape index (κ3) is 8.07. The minimum Gasteiger partial charge on any atom is -0.453 e. The van der Waals surface area contributed by atoms with Gasteiger partial charge in [0, 0.05) is 32.3 Å². The van der Waals surface area contributed by atoms with Crippen LogP contribution in [0.3, 0.4) is 0 Å². The minimum absolute atomic E-state index is 0.0545. The lowest BCUT2D eigenvalue weighted by Gasteiger charge is -2.30. The van der Waals surface area contributed by atoms with Crippen LogP contribution in [0.15, 0.2) is 60.9 Å². The van der Waals surface area contributed by atoms with Crippen LogP contribution in [0, 0.1) is 5.92 Å². The molecule has 4 N–H and O–H groups in total. The Morgan fingerprint density at radius 3 is 1.70 bits per heavy atom. The van der Waals surface area contributed by atoms with E-state index in [1.54, 1.807) is 0 Å². The second-order valence-electron chi connectivity index (χ2n) is 15.0. The molecule has 0 spiro atoms. The SMILES string of the molecule is COC(=O)N[C@H](C(=O)N1CCCC1c1ncc(-c2ccc(-c3ccc(-c4cnc([C@@H]5CCCN5C(=O)[C@H](C)NC5CCOCC5)[nH]4)cc3)cc2)[nH]1)C(C)C. The lowest BCUT2D eigenvalue weighted by molar-refractivity contribution is -0.135. The number of ether oxygens (including phenoxy) is 2. The van der Waals surface area contributed by atoms with Crippen molar-refractivity contribution in [3.63, 3.8) is 0 Å². The summed E-state index contributed by atoms with van der Waals surface area (Å²) in [5, 5.41) is 6.23. The van der Waals surface area contributed by atoms with Gasteiger partial charge in [-0.25, -0.2) is 14.8 Å². The molecule has 0 bridgehead atoms. The number of rotatable bonds is 11. The molecule has 0 aliphatic carbocycles. The molecular formula is C41H52N8O5. The maximum absolute atomic E-state index is 13.5. The summed E-state index contributed by atoms with van der Waals surface area (Å²) in [5.41, 5.74) is 6.01. The molecule has 5 heterocycles. The van der Waals surface area contributed by atoms with Gasteiger partial charge in [-0.3, -0.25) is 9.59 Å². The summed E-state index contributed by atoms with van der Waals surface area (Å²) >= 11 is 0. The van der Waals surface area contributed by atoms with Gasteiger partial charge in [0.1, 0.15) is 17.7 Å². The van der Waals surface area contributed by atoms with Crippen LogP contribution in [0.25, 0.3) is 33.6 Å². The summed E-state index contributed by atoms with van der Waals surface area (Å²) in [6.45, 7) is 8.62. The summed E-state index contributed by atoms with van der Waals surface area (Å²) in [5.74, 6) is 1.48. The Bertz CT molecular complexity index is 1900. The number of H-pyrrole nitrogens is 2. The number of imidazole rings is 2. The van der Waals surface area contributed by atoms with Crippen LogP contribution in [0.4, 0.5) is 4.79 Å². The fourth-order valence-electron chi connectivity index (χ4n) is 8.04. The molecule has 13 heteroatoms. The average Bonchev–Trinajstić information content (AvgIpc) is 4.03. The van der Waals surface area contributed by atoms with Crippen molar-refractivity contribution >= 4 is 17.9 Å². The number of hydrogen-bond acceptors (Lipinski definition) is 8. The van der Waals surface area contributed by atoms with E-state index in [0.717, 1.165) is 104 Å². The Hall–Kier alpha value is -5.01. The lowest BCUT2D eigenvalue weighted by atomic mass is 10.0. The van der Waals surface area contributed by atoms with Crippen molar-refractivity contribution in [3.05, 3.63) is 72.6 Å². The quantitative estimate of drug-likeness (QED) is 0.146. The normalized spacial score (nSPS) is 20.3. The first-order valence-electron chi connectivity index (χ1n) is 19.3. The smallest absolute Gasteiger partial charge is 0.407 e. The average molecular weight is 737 g/mol. The number of likely N-dealkylation sites (tertiary alicyclic amines) is 2. The zero-order chi connectivity index (χ0) is 37.8. The fraction of sp³-hybridized carbons (Fsp3) is 0.488. The van der Waals surface area contributed by atoms with E-state index >= 15 is 0 Å². The predicted molar refractivity (Wildman–Crippen MR) is 205 cm³/mol. The van der Waals surface area contributed by atoms with E-state index in [4.69, 9.17) is 14.5 Å². The first kappa shape index (κ1) is 37.3. The van der Waals surface area contributed by atoms with Gasteiger partial charge in [-0.2, -0.15) is 0 Å². The summed E-state index contributed by atoms with van der Waals surface area (Å²) in [4.78, 5) is 59.1. The Morgan fingerprint density at radius 2 is 1.22 bits per heavy atom. The zero-order valence-corrected chi connectivity index (χ0v) is 31.6. The standard InChI is InChI=1S/C41H52N8O5/c1-25(2)36(47-41(52)53-4)40(51)49-20-6-8-35(49)38-43-24-33(46-38)30-15-11-28(12-16-30)27-9-13-29(14-10-27)32-23-42-37(45-32)34-7-5-19-48(34)39(50)26(3)44-31-17-21-54-22-18-31/h9-16,23-26,31,34-36,44H,5-8,17-22H2,1-4H3,(H,42,45)(H,43,46)(H,47,52)/t26-,34-,35?,36-/m0/s1. The molecule has 3 amide bonds. The Kier molecular flexibility index (Phi) is 11.4. The van der Waals surface area contributed by atoms with E-state index in [2.05, 4.69) is 74.1 Å². The third-order valence-corrected chi connectivity index (χ3v) is 11.1. The summed E-state index contributed by atoms with van der Waals surface area (Å²) in [6.07, 6.45) is 8.45. The van der Waals surface area contributed by atoms with E-state index in [9.17, 15) is 14.4 Å². The van der Waals surface area contributed by atoms with Gasteiger partial charge >= 0.3 is 6.09 Å². The molecule has 286 valence electrons. The van der Waals surface area contributed by atoms with Crippen molar-refractivity contribution < 1.29 is 23.9 Å². The number of nitrogens with one attached hydrogen (secondary N) is 4. The van der Waals surface area contributed by atoms with Crippen LogP contribution in [0.1, 0.15) is 83.0 Å². The van der Waals surface area contributed by atoms with Gasteiger partial charge in [0.15, 0.2) is 0 Å². The van der Waals surface area contributed by atoms with Gasteiger partial charge in [-0.05, 0) is 73.6 Å². The summed E-state index contributed by atoms with van der Waals surface area (Å²) in [6, 6.07) is 15.9. The van der Waals surface area contributed by atoms with Gasteiger partial charge in [0.25, 0.3) is 0 Å². The second-order valence-corrected chi connectivity index (χ2v) is 15.0. The lowest BCUT2D eigenvalue weighted by Crippen LogP contribution is -2.51. The molecule has 2 aromatic heterocycles. The number of alkyl carbamates (subject to hydrolysis) is 1. The van der Waals surface area contributed by atoms with Crippen molar-refractivity contribution in [2.75, 3.05) is 33.4 Å². The van der Waals surface area contributed by atoms with Crippen LogP contribution in [0.5, 0.6) is 0 Å². The van der Waals surface area contributed by atoms with Crippen molar-refractivity contribution in [1.29, 1.82) is 0 Å². The Labute approximate surface area is 316 Å². The summed E-state index contributed by atoms with van der Waals surface area (Å²) < 4.78 is 10.2. The molecule has 7 rings (SSSR count).